The maximum atomic E-state index is 13.5. The van der Waals surface area contributed by atoms with Gasteiger partial charge in [-0.15, -0.1) is 0 Å². The second-order valence-electron chi connectivity index (χ2n) is 8.47. The standard InChI is InChI=1S/C25H31ClF3N3O4S/c1-4-14-30-24(34)22(5-2)31(15-13-18-9-7-6-8-10-18)23(33)17-32(37(3,35)36)19-11-12-21(26)20(16-19)25(27,28)29/h6-12,16,22H,4-5,13-15,17H2,1-3H3,(H,30,34)/t22-/m1/s1. The fourth-order valence-electron chi connectivity index (χ4n) is 3.76. The molecule has 0 saturated carbocycles. The van der Waals surface area contributed by atoms with Gasteiger partial charge in [0, 0.05) is 13.1 Å². The Morgan fingerprint density at radius 1 is 1.08 bits per heavy atom. The SMILES string of the molecule is CCCNC(=O)[C@@H](CC)N(CCc1ccccc1)C(=O)CN(c1ccc(Cl)c(C(F)(F)F)c1)S(C)(=O)=O. The van der Waals surface area contributed by atoms with Crippen molar-refractivity contribution < 1.29 is 31.2 Å². The monoisotopic (exact) mass is 561 g/mol. The van der Waals surface area contributed by atoms with Gasteiger partial charge in [-0.1, -0.05) is 55.8 Å². The van der Waals surface area contributed by atoms with Crippen molar-refractivity contribution >= 4 is 39.1 Å². The largest absolute Gasteiger partial charge is 0.417 e. The van der Waals surface area contributed by atoms with Crippen LogP contribution in [0.3, 0.4) is 0 Å². The Balaban J connectivity index is 2.44. The van der Waals surface area contributed by atoms with Crippen molar-refractivity contribution in [3.63, 3.8) is 0 Å². The van der Waals surface area contributed by atoms with Gasteiger partial charge >= 0.3 is 6.18 Å². The predicted octanol–water partition coefficient (Wildman–Crippen LogP) is 4.50. The molecule has 12 heteroatoms. The second kappa shape index (κ2) is 13.1. The van der Waals surface area contributed by atoms with E-state index in [0.717, 1.165) is 24.0 Å². The van der Waals surface area contributed by atoms with Gasteiger partial charge in [-0.05, 0) is 43.0 Å². The first-order valence-corrected chi connectivity index (χ1v) is 14.0. The second-order valence-corrected chi connectivity index (χ2v) is 10.8. The minimum absolute atomic E-state index is 0.104. The molecule has 0 aromatic heterocycles. The summed E-state index contributed by atoms with van der Waals surface area (Å²) >= 11 is 5.68. The molecule has 0 saturated heterocycles. The van der Waals surface area contributed by atoms with Crippen LogP contribution in [0.1, 0.15) is 37.8 Å². The molecule has 2 rings (SSSR count). The molecule has 2 aromatic rings. The first-order valence-electron chi connectivity index (χ1n) is 11.7. The Morgan fingerprint density at radius 3 is 2.27 bits per heavy atom. The van der Waals surface area contributed by atoms with Gasteiger partial charge in [0.1, 0.15) is 12.6 Å². The molecule has 204 valence electrons. The molecule has 0 aliphatic carbocycles. The maximum Gasteiger partial charge on any atom is 0.417 e. The summed E-state index contributed by atoms with van der Waals surface area (Å²) in [5, 5.41) is 2.16. The molecule has 7 nitrogen and oxygen atoms in total. The third kappa shape index (κ3) is 8.63. The lowest BCUT2D eigenvalue weighted by molar-refractivity contribution is -0.139. The molecule has 0 aliphatic heterocycles. The summed E-state index contributed by atoms with van der Waals surface area (Å²) in [6.07, 6.45) is -2.70. The summed E-state index contributed by atoms with van der Waals surface area (Å²) < 4.78 is 66.0. The lowest BCUT2D eigenvalue weighted by Gasteiger charge is -2.33. The van der Waals surface area contributed by atoms with Crippen molar-refractivity contribution in [3.05, 3.63) is 64.7 Å². The van der Waals surface area contributed by atoms with Crippen LogP contribution in [0.15, 0.2) is 48.5 Å². The Hall–Kier alpha value is -2.79. The molecule has 0 radical (unpaired) electrons. The number of nitrogens with zero attached hydrogens (tertiary/aromatic N) is 2. The molecule has 1 N–H and O–H groups in total. The summed E-state index contributed by atoms with van der Waals surface area (Å²) in [5.41, 5.74) is -0.685. The van der Waals surface area contributed by atoms with Gasteiger partial charge in [0.2, 0.25) is 21.8 Å². The number of hydrogen-bond donors (Lipinski definition) is 1. The molecule has 37 heavy (non-hydrogen) atoms. The van der Waals surface area contributed by atoms with Crippen LogP contribution in [-0.2, 0) is 32.2 Å². The summed E-state index contributed by atoms with van der Waals surface area (Å²) in [6, 6.07) is 11.0. The summed E-state index contributed by atoms with van der Waals surface area (Å²) in [5.74, 6) is -1.11. The number of nitrogens with one attached hydrogen (secondary N) is 1. The van der Waals surface area contributed by atoms with Crippen molar-refractivity contribution in [2.45, 2.75) is 45.3 Å². The number of carbonyl (C=O) groups excluding carboxylic acids is 2. The number of sulfonamides is 1. The van der Waals surface area contributed by atoms with E-state index in [2.05, 4.69) is 5.32 Å². The van der Waals surface area contributed by atoms with Crippen LogP contribution in [-0.4, -0.2) is 57.1 Å². The molecule has 2 amide bonds. The van der Waals surface area contributed by atoms with Gasteiger partial charge in [-0.3, -0.25) is 13.9 Å². The van der Waals surface area contributed by atoms with E-state index in [1.54, 1.807) is 6.92 Å². The molecule has 0 heterocycles. The first-order chi connectivity index (χ1) is 17.3. The number of hydrogen-bond acceptors (Lipinski definition) is 4. The van der Waals surface area contributed by atoms with E-state index in [1.165, 1.54) is 4.90 Å². The number of anilines is 1. The highest BCUT2D eigenvalue weighted by Crippen LogP contribution is 2.37. The summed E-state index contributed by atoms with van der Waals surface area (Å²) in [7, 11) is -4.18. The van der Waals surface area contributed by atoms with E-state index >= 15 is 0 Å². The zero-order chi connectivity index (χ0) is 27.8. The number of carbonyl (C=O) groups is 2. The minimum Gasteiger partial charge on any atom is -0.354 e. The van der Waals surface area contributed by atoms with Crippen LogP contribution in [0.2, 0.25) is 5.02 Å². The van der Waals surface area contributed by atoms with E-state index in [4.69, 9.17) is 11.6 Å². The van der Waals surface area contributed by atoms with E-state index in [-0.39, 0.29) is 24.6 Å². The molecular weight excluding hydrogens is 531 g/mol. The fourth-order valence-corrected chi connectivity index (χ4v) is 4.83. The first kappa shape index (κ1) is 30.4. The highest BCUT2D eigenvalue weighted by molar-refractivity contribution is 7.92. The molecule has 0 unspecified atom stereocenters. The molecule has 0 spiro atoms. The average molecular weight is 562 g/mol. The Bertz CT molecular complexity index is 1180. The predicted molar refractivity (Wildman–Crippen MR) is 138 cm³/mol. The molecule has 0 bridgehead atoms. The summed E-state index contributed by atoms with van der Waals surface area (Å²) in [4.78, 5) is 27.7. The van der Waals surface area contributed by atoms with Gasteiger partial charge in [0.05, 0.1) is 22.5 Å². The van der Waals surface area contributed by atoms with Crippen molar-refractivity contribution in [2.24, 2.45) is 0 Å². The van der Waals surface area contributed by atoms with Crippen LogP contribution < -0.4 is 9.62 Å². The quantitative estimate of drug-likeness (QED) is 0.413. The number of amides is 2. The molecule has 0 aliphatic rings. The molecule has 0 fully saturated rings. The third-order valence-corrected chi connectivity index (χ3v) is 7.11. The van der Waals surface area contributed by atoms with Crippen molar-refractivity contribution in [1.29, 1.82) is 0 Å². The van der Waals surface area contributed by atoms with Gasteiger partial charge in [-0.2, -0.15) is 13.2 Å². The van der Waals surface area contributed by atoms with E-state index in [0.29, 0.717) is 29.8 Å². The van der Waals surface area contributed by atoms with Crippen LogP contribution in [0, 0.1) is 0 Å². The van der Waals surface area contributed by atoms with Crippen molar-refractivity contribution in [3.8, 4) is 0 Å². The molecule has 2 aromatic carbocycles. The Morgan fingerprint density at radius 2 is 1.73 bits per heavy atom. The summed E-state index contributed by atoms with van der Waals surface area (Å²) in [6.45, 7) is 3.32. The van der Waals surface area contributed by atoms with Crippen LogP contribution in [0.5, 0.6) is 0 Å². The molecular formula is C25H31ClF3N3O4S. The topological polar surface area (TPSA) is 86.8 Å². The highest BCUT2D eigenvalue weighted by atomic mass is 35.5. The zero-order valence-corrected chi connectivity index (χ0v) is 22.5. The smallest absolute Gasteiger partial charge is 0.354 e. The Kier molecular flexibility index (Phi) is 10.8. The van der Waals surface area contributed by atoms with E-state index < -0.39 is 45.3 Å². The highest BCUT2D eigenvalue weighted by Gasteiger charge is 2.36. The maximum absolute atomic E-state index is 13.5. The van der Waals surface area contributed by atoms with Gasteiger partial charge in [-0.25, -0.2) is 8.42 Å². The number of halogens is 4. The van der Waals surface area contributed by atoms with Crippen LogP contribution in [0.25, 0.3) is 0 Å². The van der Waals surface area contributed by atoms with Gasteiger partial charge in [0.25, 0.3) is 0 Å². The van der Waals surface area contributed by atoms with E-state index in [1.807, 2.05) is 37.3 Å². The number of rotatable bonds is 12. The number of alkyl halides is 3. The zero-order valence-electron chi connectivity index (χ0n) is 20.9. The average Bonchev–Trinajstić information content (AvgIpc) is 2.83. The van der Waals surface area contributed by atoms with Gasteiger partial charge < -0.3 is 10.2 Å². The lowest BCUT2D eigenvalue weighted by Crippen LogP contribution is -2.53. The van der Waals surface area contributed by atoms with E-state index in [9.17, 15) is 31.2 Å². The van der Waals surface area contributed by atoms with Crippen LogP contribution >= 0.6 is 11.6 Å². The van der Waals surface area contributed by atoms with Crippen molar-refractivity contribution in [2.75, 3.05) is 30.2 Å². The fraction of sp³-hybridized carbons (Fsp3) is 0.440. The number of benzene rings is 2. The normalized spacial score (nSPS) is 12.6. The lowest BCUT2D eigenvalue weighted by atomic mass is 10.1. The molecule has 1 atom stereocenters. The Labute approximate surface area is 220 Å². The minimum atomic E-state index is -4.83. The van der Waals surface area contributed by atoms with Gasteiger partial charge in [0.15, 0.2) is 0 Å². The third-order valence-electron chi connectivity index (χ3n) is 5.64. The van der Waals surface area contributed by atoms with Crippen LogP contribution in [0.4, 0.5) is 18.9 Å². The van der Waals surface area contributed by atoms with Crippen molar-refractivity contribution in [1.82, 2.24) is 10.2 Å².